The number of benzene rings is 2. The number of amides is 2. The molecule has 2 rings (SSSR count). The first kappa shape index (κ1) is 21.1. The van der Waals surface area contributed by atoms with Crippen LogP contribution in [-0.4, -0.2) is 44.0 Å². The van der Waals surface area contributed by atoms with Gasteiger partial charge in [0, 0.05) is 12.7 Å². The summed E-state index contributed by atoms with van der Waals surface area (Å²) in [5.74, 6) is -1.43. The van der Waals surface area contributed by atoms with E-state index in [9.17, 15) is 18.4 Å². The predicted molar refractivity (Wildman–Crippen MR) is 101 cm³/mol. The van der Waals surface area contributed by atoms with E-state index in [4.69, 9.17) is 4.74 Å². The first-order valence-corrected chi connectivity index (χ1v) is 8.48. The van der Waals surface area contributed by atoms with Crippen molar-refractivity contribution in [1.29, 1.82) is 0 Å². The number of alkyl halides is 2. The molecule has 6 nitrogen and oxygen atoms in total. The second-order valence-corrected chi connectivity index (χ2v) is 6.19. The molecule has 0 unspecified atom stereocenters. The Hall–Kier alpha value is -3.16. The SMILES string of the molecule is COc1cccc(C(=O)N(C)CC(=O)Nc2c(C)cccc2C)c1OC(F)F. The van der Waals surface area contributed by atoms with Crippen molar-refractivity contribution in [2.45, 2.75) is 20.5 Å². The van der Waals surface area contributed by atoms with Crippen LogP contribution in [0.25, 0.3) is 0 Å². The lowest BCUT2D eigenvalue weighted by Crippen LogP contribution is -2.35. The smallest absolute Gasteiger partial charge is 0.387 e. The van der Waals surface area contributed by atoms with Crippen LogP contribution in [0.1, 0.15) is 21.5 Å². The summed E-state index contributed by atoms with van der Waals surface area (Å²) in [5, 5.41) is 2.78. The first-order chi connectivity index (χ1) is 13.2. The number of rotatable bonds is 7. The number of ether oxygens (including phenoxy) is 2. The number of nitrogens with one attached hydrogen (secondary N) is 1. The maximum atomic E-state index is 12.7. The lowest BCUT2D eigenvalue weighted by Gasteiger charge is -2.20. The normalized spacial score (nSPS) is 10.5. The summed E-state index contributed by atoms with van der Waals surface area (Å²) in [6.45, 7) is 0.335. The third kappa shape index (κ3) is 4.97. The molecule has 0 aromatic heterocycles. The highest BCUT2D eigenvalue weighted by Crippen LogP contribution is 2.33. The molecule has 0 spiro atoms. The lowest BCUT2D eigenvalue weighted by atomic mass is 10.1. The van der Waals surface area contributed by atoms with Gasteiger partial charge in [-0.25, -0.2) is 0 Å². The molecule has 8 heteroatoms. The molecule has 0 saturated carbocycles. The average molecular weight is 392 g/mol. The van der Waals surface area contributed by atoms with Gasteiger partial charge >= 0.3 is 6.61 Å². The van der Waals surface area contributed by atoms with Gasteiger partial charge in [-0.2, -0.15) is 8.78 Å². The van der Waals surface area contributed by atoms with Gasteiger partial charge in [-0.15, -0.1) is 0 Å². The van der Waals surface area contributed by atoms with Crippen molar-refractivity contribution >= 4 is 17.5 Å². The van der Waals surface area contributed by atoms with E-state index in [1.54, 1.807) is 0 Å². The van der Waals surface area contributed by atoms with Crippen LogP contribution in [0.4, 0.5) is 14.5 Å². The number of hydrogen-bond acceptors (Lipinski definition) is 4. The monoisotopic (exact) mass is 392 g/mol. The number of methoxy groups -OCH3 is 1. The van der Waals surface area contributed by atoms with Crippen LogP contribution >= 0.6 is 0 Å². The fourth-order valence-electron chi connectivity index (χ4n) is 2.74. The first-order valence-electron chi connectivity index (χ1n) is 8.48. The summed E-state index contributed by atoms with van der Waals surface area (Å²) >= 11 is 0. The topological polar surface area (TPSA) is 67.9 Å². The number of halogens is 2. The summed E-state index contributed by atoms with van der Waals surface area (Å²) in [7, 11) is 2.68. The number of aryl methyl sites for hydroxylation is 2. The standard InChI is InChI=1S/C20H22F2N2O4/c1-12-7-5-8-13(2)17(12)23-16(25)11-24(3)19(26)14-9-6-10-15(27-4)18(14)28-20(21)22/h5-10,20H,11H2,1-4H3,(H,23,25). The summed E-state index contributed by atoms with van der Waals surface area (Å²) in [6, 6.07) is 9.83. The third-order valence-corrected chi connectivity index (χ3v) is 4.11. The van der Waals surface area contributed by atoms with E-state index < -0.39 is 18.4 Å². The van der Waals surface area contributed by atoms with E-state index in [0.29, 0.717) is 5.69 Å². The van der Waals surface area contributed by atoms with Gasteiger partial charge in [0.05, 0.1) is 19.2 Å². The van der Waals surface area contributed by atoms with Crippen molar-refractivity contribution in [2.24, 2.45) is 0 Å². The summed E-state index contributed by atoms with van der Waals surface area (Å²) < 4.78 is 34.9. The highest BCUT2D eigenvalue weighted by atomic mass is 19.3. The number of carbonyl (C=O) groups is 2. The molecule has 2 aromatic rings. The van der Waals surface area contributed by atoms with E-state index >= 15 is 0 Å². The lowest BCUT2D eigenvalue weighted by molar-refractivity contribution is -0.116. The van der Waals surface area contributed by atoms with Crippen LogP contribution in [0.5, 0.6) is 11.5 Å². The minimum absolute atomic E-state index is 0.000429. The van der Waals surface area contributed by atoms with Gasteiger partial charge in [-0.1, -0.05) is 24.3 Å². The summed E-state index contributed by atoms with van der Waals surface area (Å²) in [6.07, 6.45) is 0. The fraction of sp³-hybridized carbons (Fsp3) is 0.300. The Morgan fingerprint density at radius 1 is 1.11 bits per heavy atom. The van der Waals surface area contributed by atoms with E-state index in [-0.39, 0.29) is 23.6 Å². The number of nitrogens with zero attached hydrogens (tertiary/aromatic N) is 1. The number of likely N-dealkylation sites (N-methyl/N-ethyl adjacent to an activating group) is 1. The van der Waals surface area contributed by atoms with Crippen molar-refractivity contribution in [1.82, 2.24) is 4.90 Å². The number of anilines is 1. The molecule has 1 N–H and O–H groups in total. The van der Waals surface area contributed by atoms with Crippen LogP contribution in [0.3, 0.4) is 0 Å². The van der Waals surface area contributed by atoms with Crippen LogP contribution in [0, 0.1) is 13.8 Å². The largest absolute Gasteiger partial charge is 0.493 e. The summed E-state index contributed by atoms with van der Waals surface area (Å²) in [4.78, 5) is 26.2. The molecule has 0 bridgehead atoms. The Labute approximate surface area is 162 Å². The van der Waals surface area contributed by atoms with Crippen LogP contribution in [0.15, 0.2) is 36.4 Å². The molecule has 0 aliphatic carbocycles. The minimum Gasteiger partial charge on any atom is -0.493 e. The van der Waals surface area contributed by atoms with Gasteiger partial charge in [0.15, 0.2) is 11.5 Å². The van der Waals surface area contributed by atoms with Crippen LogP contribution in [-0.2, 0) is 4.79 Å². The number of carbonyl (C=O) groups excluding carboxylic acids is 2. The number of hydrogen-bond donors (Lipinski definition) is 1. The number of para-hydroxylation sites is 2. The molecule has 0 atom stereocenters. The van der Waals surface area contributed by atoms with Crippen molar-refractivity contribution < 1.29 is 27.8 Å². The Kier molecular flexibility index (Phi) is 6.92. The molecule has 150 valence electrons. The van der Waals surface area contributed by atoms with Crippen molar-refractivity contribution in [3.8, 4) is 11.5 Å². The Balaban J connectivity index is 2.17. The van der Waals surface area contributed by atoms with E-state index in [2.05, 4.69) is 10.1 Å². The van der Waals surface area contributed by atoms with Gasteiger partial charge in [-0.3, -0.25) is 9.59 Å². The Morgan fingerprint density at radius 3 is 2.29 bits per heavy atom. The highest BCUT2D eigenvalue weighted by molar-refractivity contribution is 6.01. The molecule has 2 aromatic carbocycles. The average Bonchev–Trinajstić information content (AvgIpc) is 2.64. The van der Waals surface area contributed by atoms with Gasteiger partial charge < -0.3 is 19.7 Å². The second kappa shape index (κ2) is 9.16. The minimum atomic E-state index is -3.12. The van der Waals surface area contributed by atoms with Gasteiger partial charge in [0.25, 0.3) is 5.91 Å². The zero-order valence-corrected chi connectivity index (χ0v) is 16.1. The highest BCUT2D eigenvalue weighted by Gasteiger charge is 2.24. The van der Waals surface area contributed by atoms with Crippen molar-refractivity contribution in [3.63, 3.8) is 0 Å². The van der Waals surface area contributed by atoms with Crippen molar-refractivity contribution in [3.05, 3.63) is 53.1 Å². The zero-order valence-electron chi connectivity index (χ0n) is 16.1. The molecular weight excluding hydrogens is 370 g/mol. The molecule has 0 saturated heterocycles. The van der Waals surface area contributed by atoms with Gasteiger partial charge in [0.1, 0.15) is 0 Å². The quantitative estimate of drug-likeness (QED) is 0.782. The maximum Gasteiger partial charge on any atom is 0.387 e. The van der Waals surface area contributed by atoms with Gasteiger partial charge in [-0.05, 0) is 37.1 Å². The zero-order chi connectivity index (χ0) is 20.8. The maximum absolute atomic E-state index is 12.7. The molecular formula is C20H22F2N2O4. The summed E-state index contributed by atoms with van der Waals surface area (Å²) in [5.41, 5.74) is 2.34. The Bertz CT molecular complexity index is 851. The molecule has 0 aliphatic heterocycles. The fourth-order valence-corrected chi connectivity index (χ4v) is 2.74. The molecule has 0 heterocycles. The Morgan fingerprint density at radius 2 is 1.71 bits per heavy atom. The van der Waals surface area contributed by atoms with E-state index in [1.807, 2.05) is 32.0 Å². The second-order valence-electron chi connectivity index (χ2n) is 6.19. The predicted octanol–water partition coefficient (Wildman–Crippen LogP) is 3.62. The van der Waals surface area contributed by atoms with Crippen LogP contribution < -0.4 is 14.8 Å². The third-order valence-electron chi connectivity index (χ3n) is 4.11. The van der Waals surface area contributed by atoms with E-state index in [1.165, 1.54) is 32.4 Å². The van der Waals surface area contributed by atoms with Crippen LogP contribution in [0.2, 0.25) is 0 Å². The molecule has 0 fully saturated rings. The molecule has 0 radical (unpaired) electrons. The molecule has 28 heavy (non-hydrogen) atoms. The van der Waals surface area contributed by atoms with Gasteiger partial charge in [0.2, 0.25) is 5.91 Å². The molecule has 0 aliphatic rings. The van der Waals surface area contributed by atoms with E-state index in [0.717, 1.165) is 16.0 Å². The van der Waals surface area contributed by atoms with Crippen molar-refractivity contribution in [2.75, 3.05) is 26.0 Å². The molecule has 2 amide bonds.